The molecule has 0 unspecified atom stereocenters. The third kappa shape index (κ3) is 3.44. The van der Waals surface area contributed by atoms with E-state index in [1.165, 1.54) is 10.8 Å². The van der Waals surface area contributed by atoms with Gasteiger partial charge in [0.15, 0.2) is 17.2 Å². The Kier molecular flexibility index (Phi) is 4.81. The molecular weight excluding hydrogens is 504 g/mol. The number of fused-ring (bicyclic) bond motifs is 6. The maximum Gasteiger partial charge on any atom is 0.226 e. The van der Waals surface area contributed by atoms with Crippen molar-refractivity contribution in [1.29, 1.82) is 0 Å². The second-order valence-electron chi connectivity index (χ2n) is 9.45. The molecule has 8 aromatic rings. The SMILES string of the molecule is Clc1nc(-c2ccccc2)nc(-c2ccc3oc4c(-n5c6ccccc6c6ccccc65)cccc4c3c2)n1. The summed E-state index contributed by atoms with van der Waals surface area (Å²) in [4.78, 5) is 13.5. The summed E-state index contributed by atoms with van der Waals surface area (Å²) < 4.78 is 8.80. The Morgan fingerprint density at radius 1 is 0.538 bits per heavy atom. The van der Waals surface area contributed by atoms with Crippen molar-refractivity contribution in [3.05, 3.63) is 121 Å². The minimum absolute atomic E-state index is 0.157. The van der Waals surface area contributed by atoms with Gasteiger partial charge in [-0.15, -0.1) is 0 Å². The number of para-hydroxylation sites is 3. The van der Waals surface area contributed by atoms with Gasteiger partial charge in [-0.25, -0.2) is 4.98 Å². The quantitative estimate of drug-likeness (QED) is 0.232. The van der Waals surface area contributed by atoms with Crippen LogP contribution in [0.1, 0.15) is 0 Å². The topological polar surface area (TPSA) is 56.7 Å². The van der Waals surface area contributed by atoms with Gasteiger partial charge in [0.25, 0.3) is 0 Å². The summed E-state index contributed by atoms with van der Waals surface area (Å²) >= 11 is 6.33. The highest BCUT2D eigenvalue weighted by atomic mass is 35.5. The lowest BCUT2D eigenvalue weighted by Crippen LogP contribution is -1.97. The zero-order valence-corrected chi connectivity index (χ0v) is 21.3. The summed E-state index contributed by atoms with van der Waals surface area (Å²) in [5.41, 5.74) is 6.63. The van der Waals surface area contributed by atoms with E-state index in [0.717, 1.165) is 49.8 Å². The van der Waals surface area contributed by atoms with Gasteiger partial charge in [-0.05, 0) is 48.0 Å². The lowest BCUT2D eigenvalue weighted by atomic mass is 10.1. The van der Waals surface area contributed by atoms with Crippen LogP contribution in [-0.4, -0.2) is 19.5 Å². The molecule has 3 heterocycles. The third-order valence-electron chi connectivity index (χ3n) is 7.20. The highest BCUT2D eigenvalue weighted by Gasteiger charge is 2.18. The van der Waals surface area contributed by atoms with Gasteiger partial charge < -0.3 is 8.98 Å². The Balaban J connectivity index is 1.34. The summed E-state index contributed by atoms with van der Waals surface area (Å²) in [6, 6.07) is 39.0. The number of halogens is 1. The van der Waals surface area contributed by atoms with E-state index in [2.05, 4.69) is 87.3 Å². The van der Waals surface area contributed by atoms with Crippen LogP contribution in [-0.2, 0) is 0 Å². The van der Waals surface area contributed by atoms with E-state index < -0.39 is 0 Å². The van der Waals surface area contributed by atoms with Crippen LogP contribution in [0, 0.1) is 0 Å². The van der Waals surface area contributed by atoms with Gasteiger partial charge in [-0.1, -0.05) is 78.9 Å². The molecule has 0 aliphatic rings. The number of benzene rings is 5. The fraction of sp³-hybridized carbons (Fsp3) is 0. The van der Waals surface area contributed by atoms with Crippen LogP contribution in [0.5, 0.6) is 0 Å². The van der Waals surface area contributed by atoms with Gasteiger partial charge in [0.1, 0.15) is 5.58 Å². The molecule has 6 heteroatoms. The maximum absolute atomic E-state index is 6.51. The molecule has 0 fully saturated rings. The van der Waals surface area contributed by atoms with E-state index in [0.29, 0.717) is 11.6 Å². The van der Waals surface area contributed by atoms with Crippen molar-refractivity contribution in [2.24, 2.45) is 0 Å². The number of furan rings is 1. The smallest absolute Gasteiger partial charge is 0.226 e. The molecule has 0 aliphatic heterocycles. The van der Waals surface area contributed by atoms with Gasteiger partial charge in [-0.3, -0.25) is 0 Å². The van der Waals surface area contributed by atoms with Crippen molar-refractivity contribution in [2.75, 3.05) is 0 Å². The average Bonchev–Trinajstić information content (AvgIpc) is 3.53. The Morgan fingerprint density at radius 2 is 1.18 bits per heavy atom. The molecular formula is C33H19ClN4O. The number of rotatable bonds is 3. The van der Waals surface area contributed by atoms with Crippen LogP contribution < -0.4 is 0 Å². The molecule has 8 rings (SSSR count). The van der Waals surface area contributed by atoms with Crippen LogP contribution >= 0.6 is 11.6 Å². The molecule has 5 aromatic carbocycles. The average molecular weight is 523 g/mol. The zero-order valence-electron chi connectivity index (χ0n) is 20.5. The minimum Gasteiger partial charge on any atom is -0.454 e. The van der Waals surface area contributed by atoms with Crippen LogP contribution in [0.25, 0.3) is 72.2 Å². The lowest BCUT2D eigenvalue weighted by Gasteiger charge is -2.08. The molecule has 0 radical (unpaired) electrons. The Bertz CT molecular complexity index is 2140. The first-order chi connectivity index (χ1) is 19.2. The van der Waals surface area contributed by atoms with E-state index in [4.69, 9.17) is 21.0 Å². The number of nitrogens with zero attached hydrogens (tertiary/aromatic N) is 4. The van der Waals surface area contributed by atoms with E-state index in [1.54, 1.807) is 0 Å². The highest BCUT2D eigenvalue weighted by molar-refractivity contribution is 6.28. The Hall–Kier alpha value is -5.00. The van der Waals surface area contributed by atoms with Crippen molar-refractivity contribution in [1.82, 2.24) is 19.5 Å². The first-order valence-corrected chi connectivity index (χ1v) is 13.0. The van der Waals surface area contributed by atoms with E-state index in [9.17, 15) is 0 Å². The summed E-state index contributed by atoms with van der Waals surface area (Å²) in [6.07, 6.45) is 0. The fourth-order valence-electron chi connectivity index (χ4n) is 5.48. The van der Waals surface area contributed by atoms with E-state index in [-0.39, 0.29) is 5.28 Å². The second-order valence-corrected chi connectivity index (χ2v) is 9.79. The normalized spacial score (nSPS) is 11.7. The van der Waals surface area contributed by atoms with Crippen molar-refractivity contribution in [3.8, 4) is 28.5 Å². The first-order valence-electron chi connectivity index (χ1n) is 12.7. The van der Waals surface area contributed by atoms with Crippen molar-refractivity contribution >= 4 is 55.3 Å². The summed E-state index contributed by atoms with van der Waals surface area (Å²) in [7, 11) is 0. The molecule has 3 aromatic heterocycles. The number of aromatic nitrogens is 4. The maximum atomic E-state index is 6.51. The fourth-order valence-corrected chi connectivity index (χ4v) is 5.64. The Morgan fingerprint density at radius 3 is 1.92 bits per heavy atom. The van der Waals surface area contributed by atoms with Crippen LogP contribution in [0.3, 0.4) is 0 Å². The lowest BCUT2D eigenvalue weighted by molar-refractivity contribution is 0.666. The van der Waals surface area contributed by atoms with Gasteiger partial charge in [0.05, 0.1) is 16.7 Å². The molecule has 0 saturated carbocycles. The van der Waals surface area contributed by atoms with Crippen LogP contribution in [0.2, 0.25) is 5.28 Å². The van der Waals surface area contributed by atoms with Gasteiger partial charge in [0, 0.05) is 32.7 Å². The van der Waals surface area contributed by atoms with Crippen LogP contribution in [0.4, 0.5) is 0 Å². The van der Waals surface area contributed by atoms with Gasteiger partial charge in [-0.2, -0.15) is 9.97 Å². The van der Waals surface area contributed by atoms with Gasteiger partial charge in [0.2, 0.25) is 5.28 Å². The Labute approximate surface area is 228 Å². The monoisotopic (exact) mass is 522 g/mol. The van der Waals surface area contributed by atoms with Crippen molar-refractivity contribution in [3.63, 3.8) is 0 Å². The number of hydrogen-bond donors (Lipinski definition) is 0. The summed E-state index contributed by atoms with van der Waals surface area (Å²) in [6.45, 7) is 0. The zero-order chi connectivity index (χ0) is 25.9. The van der Waals surface area contributed by atoms with Crippen molar-refractivity contribution in [2.45, 2.75) is 0 Å². The molecule has 0 saturated heterocycles. The molecule has 0 amide bonds. The molecule has 184 valence electrons. The third-order valence-corrected chi connectivity index (χ3v) is 7.36. The van der Waals surface area contributed by atoms with Crippen LogP contribution in [0.15, 0.2) is 120 Å². The standard InChI is InChI=1S/C33H19ClN4O/c34-33-36-31(20-9-2-1-3-10-20)35-32(37-33)21-17-18-29-25(19-21)24-13-8-16-28(30(24)39-29)38-26-14-6-4-11-22(26)23-12-5-7-15-27(23)38/h1-19H. The summed E-state index contributed by atoms with van der Waals surface area (Å²) in [5, 5.41) is 4.59. The minimum atomic E-state index is 0.157. The van der Waals surface area contributed by atoms with Crippen molar-refractivity contribution < 1.29 is 4.42 Å². The highest BCUT2D eigenvalue weighted by Crippen LogP contribution is 2.38. The predicted molar refractivity (Wildman–Crippen MR) is 157 cm³/mol. The summed E-state index contributed by atoms with van der Waals surface area (Å²) in [5.74, 6) is 1.06. The molecule has 0 N–H and O–H groups in total. The second kappa shape index (κ2) is 8.51. The molecule has 0 aliphatic carbocycles. The molecule has 5 nitrogen and oxygen atoms in total. The molecule has 39 heavy (non-hydrogen) atoms. The number of hydrogen-bond acceptors (Lipinski definition) is 4. The molecule has 0 atom stereocenters. The predicted octanol–water partition coefficient (Wildman–Crippen LogP) is 8.86. The molecule has 0 spiro atoms. The van der Waals surface area contributed by atoms with E-state index in [1.807, 2.05) is 42.5 Å². The van der Waals surface area contributed by atoms with E-state index >= 15 is 0 Å². The van der Waals surface area contributed by atoms with Gasteiger partial charge >= 0.3 is 0 Å². The largest absolute Gasteiger partial charge is 0.454 e. The molecule has 0 bridgehead atoms. The first kappa shape index (κ1) is 22.0.